The summed E-state index contributed by atoms with van der Waals surface area (Å²) in [7, 11) is 0. The van der Waals surface area contributed by atoms with Crippen molar-refractivity contribution in [1.29, 1.82) is 0 Å². The number of hydrogen-bond acceptors (Lipinski definition) is 6. The van der Waals surface area contributed by atoms with E-state index < -0.39 is 24.5 Å². The highest BCUT2D eigenvalue weighted by Gasteiger charge is 2.24. The van der Waals surface area contributed by atoms with E-state index in [0.29, 0.717) is 30.0 Å². The van der Waals surface area contributed by atoms with Crippen LogP contribution in [0.15, 0.2) is 0 Å². The summed E-state index contributed by atoms with van der Waals surface area (Å²) in [4.78, 5) is 38.7. The number of esters is 2. The third-order valence-corrected chi connectivity index (χ3v) is 4.01. The van der Waals surface area contributed by atoms with Crippen LogP contribution in [0.4, 0.5) is 0 Å². The highest BCUT2D eigenvalue weighted by Crippen LogP contribution is 2.19. The van der Waals surface area contributed by atoms with Crippen molar-refractivity contribution in [3.05, 3.63) is 22.5 Å². The van der Waals surface area contributed by atoms with E-state index in [1.165, 1.54) is 0 Å². The van der Waals surface area contributed by atoms with Gasteiger partial charge < -0.3 is 24.5 Å². The third kappa shape index (κ3) is 4.82. The van der Waals surface area contributed by atoms with Gasteiger partial charge in [-0.05, 0) is 39.2 Å². The molecule has 0 bridgehead atoms. The highest BCUT2D eigenvalue weighted by molar-refractivity contribution is 5.99. The zero-order valence-corrected chi connectivity index (χ0v) is 14.8. The summed E-state index contributed by atoms with van der Waals surface area (Å²) >= 11 is 0. The fraction of sp³-hybridized carbons (Fsp3) is 0.588. The highest BCUT2D eigenvalue weighted by atomic mass is 16.5. The minimum absolute atomic E-state index is 0.0279. The van der Waals surface area contributed by atoms with Gasteiger partial charge in [0.25, 0.3) is 5.91 Å². The average Bonchev–Trinajstić information content (AvgIpc) is 3.18. The number of H-pyrrole nitrogens is 1. The fourth-order valence-corrected chi connectivity index (χ4v) is 2.75. The molecule has 8 heteroatoms. The number of carbonyl (C=O) groups excluding carboxylic acids is 3. The molecule has 0 radical (unpaired) electrons. The molecule has 1 atom stereocenters. The Morgan fingerprint density at radius 1 is 1.24 bits per heavy atom. The molecule has 0 aliphatic carbocycles. The minimum Gasteiger partial charge on any atom is -0.462 e. The van der Waals surface area contributed by atoms with Crippen molar-refractivity contribution in [3.8, 4) is 0 Å². The van der Waals surface area contributed by atoms with Crippen LogP contribution >= 0.6 is 0 Å². The van der Waals surface area contributed by atoms with Gasteiger partial charge in [-0.2, -0.15) is 0 Å². The van der Waals surface area contributed by atoms with E-state index in [1.807, 2.05) is 0 Å². The van der Waals surface area contributed by atoms with Crippen LogP contribution in [0, 0.1) is 13.8 Å². The van der Waals surface area contributed by atoms with Crippen molar-refractivity contribution in [2.75, 3.05) is 26.4 Å². The number of hydrogen-bond donors (Lipinski definition) is 2. The summed E-state index contributed by atoms with van der Waals surface area (Å²) in [5.74, 6) is -1.58. The average molecular weight is 352 g/mol. The maximum Gasteiger partial charge on any atom is 0.355 e. The van der Waals surface area contributed by atoms with Gasteiger partial charge in [0.15, 0.2) is 6.61 Å². The zero-order chi connectivity index (χ0) is 18.4. The van der Waals surface area contributed by atoms with Crippen LogP contribution < -0.4 is 5.32 Å². The van der Waals surface area contributed by atoms with Crippen LogP contribution in [0.2, 0.25) is 0 Å². The molecule has 1 aromatic rings. The van der Waals surface area contributed by atoms with Crippen molar-refractivity contribution < 1.29 is 28.6 Å². The predicted molar refractivity (Wildman–Crippen MR) is 88.5 cm³/mol. The van der Waals surface area contributed by atoms with E-state index in [4.69, 9.17) is 14.2 Å². The molecule has 138 valence electrons. The lowest BCUT2D eigenvalue weighted by Gasteiger charge is -2.10. The molecule has 0 unspecified atom stereocenters. The first-order valence-electron chi connectivity index (χ1n) is 8.35. The molecule has 1 fully saturated rings. The molecule has 1 saturated heterocycles. The number of aromatic nitrogens is 1. The lowest BCUT2D eigenvalue weighted by molar-refractivity contribution is -0.124. The van der Waals surface area contributed by atoms with E-state index in [-0.39, 0.29) is 18.4 Å². The van der Waals surface area contributed by atoms with Gasteiger partial charge in [-0.15, -0.1) is 0 Å². The molecule has 1 aliphatic rings. The molecule has 1 amide bonds. The van der Waals surface area contributed by atoms with Gasteiger partial charge in [0, 0.05) is 18.8 Å². The number of carbonyl (C=O) groups is 3. The Morgan fingerprint density at radius 2 is 2.00 bits per heavy atom. The Bertz CT molecular complexity index is 646. The summed E-state index contributed by atoms with van der Waals surface area (Å²) in [5, 5.41) is 2.67. The van der Waals surface area contributed by atoms with Crippen molar-refractivity contribution in [2.24, 2.45) is 0 Å². The molecule has 2 heterocycles. The molecule has 2 N–H and O–H groups in total. The van der Waals surface area contributed by atoms with E-state index in [2.05, 4.69) is 10.3 Å². The van der Waals surface area contributed by atoms with Gasteiger partial charge in [0.2, 0.25) is 0 Å². The molecule has 1 aromatic heterocycles. The number of aryl methyl sites for hydroxylation is 1. The molecule has 0 saturated carbocycles. The summed E-state index contributed by atoms with van der Waals surface area (Å²) in [6, 6.07) is 0. The van der Waals surface area contributed by atoms with Gasteiger partial charge in [-0.3, -0.25) is 4.79 Å². The molecule has 2 rings (SSSR count). The van der Waals surface area contributed by atoms with Gasteiger partial charge in [0.05, 0.1) is 18.3 Å². The quantitative estimate of drug-likeness (QED) is 0.716. The predicted octanol–water partition coefficient (Wildman–Crippen LogP) is 1.26. The van der Waals surface area contributed by atoms with E-state index >= 15 is 0 Å². The van der Waals surface area contributed by atoms with Gasteiger partial charge in [-0.25, -0.2) is 9.59 Å². The van der Waals surface area contributed by atoms with Crippen LogP contribution in [-0.4, -0.2) is 55.3 Å². The summed E-state index contributed by atoms with van der Waals surface area (Å²) in [5.41, 5.74) is 1.43. The van der Waals surface area contributed by atoms with Crippen molar-refractivity contribution in [2.45, 2.75) is 39.7 Å². The smallest absolute Gasteiger partial charge is 0.355 e. The summed E-state index contributed by atoms with van der Waals surface area (Å²) < 4.78 is 15.4. The molecule has 8 nitrogen and oxygen atoms in total. The first kappa shape index (κ1) is 19.0. The standard InChI is InChI=1S/C17H24N2O6/c1-4-23-16(21)14-10(2)15(19-11(14)3)17(22)25-9-13(20)18-8-12-6-5-7-24-12/h12,19H,4-9H2,1-3H3,(H,18,20)/t12-/m0/s1. The third-order valence-electron chi connectivity index (χ3n) is 4.01. The number of rotatable bonds is 7. The van der Waals surface area contributed by atoms with Crippen LogP contribution in [0.5, 0.6) is 0 Å². The van der Waals surface area contributed by atoms with Crippen molar-refractivity contribution in [3.63, 3.8) is 0 Å². The maximum atomic E-state index is 12.2. The fourth-order valence-electron chi connectivity index (χ4n) is 2.75. The lowest BCUT2D eigenvalue weighted by Crippen LogP contribution is -2.34. The Kier molecular flexibility index (Phi) is 6.58. The van der Waals surface area contributed by atoms with E-state index in [9.17, 15) is 14.4 Å². The molecule has 1 aliphatic heterocycles. The minimum atomic E-state index is -0.691. The first-order chi connectivity index (χ1) is 11.9. The topological polar surface area (TPSA) is 107 Å². The van der Waals surface area contributed by atoms with Gasteiger partial charge >= 0.3 is 11.9 Å². The van der Waals surface area contributed by atoms with Gasteiger partial charge in [0.1, 0.15) is 5.69 Å². The lowest BCUT2D eigenvalue weighted by atomic mass is 10.1. The first-order valence-corrected chi connectivity index (χ1v) is 8.35. The molecule has 25 heavy (non-hydrogen) atoms. The number of amides is 1. The molecule has 0 spiro atoms. The Morgan fingerprint density at radius 3 is 2.64 bits per heavy atom. The SMILES string of the molecule is CCOC(=O)c1c(C)[nH]c(C(=O)OCC(=O)NC[C@@H]2CCCO2)c1C. The monoisotopic (exact) mass is 352 g/mol. The Labute approximate surface area is 146 Å². The Hall–Kier alpha value is -2.35. The van der Waals surface area contributed by atoms with E-state index in [1.54, 1.807) is 20.8 Å². The van der Waals surface area contributed by atoms with Crippen LogP contribution in [0.3, 0.4) is 0 Å². The van der Waals surface area contributed by atoms with Crippen LogP contribution in [0.25, 0.3) is 0 Å². The second-order valence-electron chi connectivity index (χ2n) is 5.86. The largest absolute Gasteiger partial charge is 0.462 e. The van der Waals surface area contributed by atoms with Crippen LogP contribution in [0.1, 0.15) is 51.9 Å². The molecular weight excluding hydrogens is 328 g/mol. The Balaban J connectivity index is 1.89. The van der Waals surface area contributed by atoms with Crippen molar-refractivity contribution in [1.82, 2.24) is 10.3 Å². The summed E-state index contributed by atoms with van der Waals surface area (Å²) in [6.45, 7) is 5.98. The number of aromatic amines is 1. The normalized spacial score (nSPS) is 16.5. The van der Waals surface area contributed by atoms with E-state index in [0.717, 1.165) is 12.8 Å². The molecular formula is C17H24N2O6. The second kappa shape index (κ2) is 8.66. The number of ether oxygens (including phenoxy) is 3. The van der Waals surface area contributed by atoms with Crippen LogP contribution in [-0.2, 0) is 19.0 Å². The van der Waals surface area contributed by atoms with Gasteiger partial charge in [-0.1, -0.05) is 0 Å². The zero-order valence-electron chi connectivity index (χ0n) is 14.8. The molecule has 0 aromatic carbocycles. The number of nitrogens with one attached hydrogen (secondary N) is 2. The summed E-state index contributed by atoms with van der Waals surface area (Å²) in [6.07, 6.45) is 1.93. The maximum absolute atomic E-state index is 12.2. The second-order valence-corrected chi connectivity index (χ2v) is 5.86. The van der Waals surface area contributed by atoms with Crippen molar-refractivity contribution >= 4 is 17.8 Å².